The third-order valence-electron chi connectivity index (χ3n) is 5.23. The quantitative estimate of drug-likeness (QED) is 0.762. The number of hydrogen-bond acceptors (Lipinski definition) is 3. The average Bonchev–Trinajstić information content (AvgIpc) is 2.74. The molecule has 2 aromatic rings. The summed E-state index contributed by atoms with van der Waals surface area (Å²) in [6.45, 7) is 7.56. The van der Waals surface area contributed by atoms with Crippen LogP contribution in [0.5, 0.6) is 5.75 Å². The molecule has 0 saturated carbocycles. The molecule has 154 valence electrons. The van der Waals surface area contributed by atoms with E-state index >= 15 is 0 Å². The van der Waals surface area contributed by atoms with Gasteiger partial charge >= 0.3 is 0 Å². The minimum absolute atomic E-state index is 0.0237. The third-order valence-corrected chi connectivity index (χ3v) is 5.23. The molecule has 2 aromatic carbocycles. The van der Waals surface area contributed by atoms with E-state index < -0.39 is 6.10 Å². The molecule has 1 aliphatic heterocycles. The second-order valence-corrected chi connectivity index (χ2v) is 7.91. The largest absolute Gasteiger partial charge is 0.481 e. The van der Waals surface area contributed by atoms with Crippen LogP contribution in [0.15, 0.2) is 48.5 Å². The summed E-state index contributed by atoms with van der Waals surface area (Å²) in [5.74, 6) is 0.842. The van der Waals surface area contributed by atoms with Crippen LogP contribution in [0.2, 0.25) is 0 Å². The van der Waals surface area contributed by atoms with Crippen molar-refractivity contribution >= 4 is 17.5 Å². The van der Waals surface area contributed by atoms with Crippen molar-refractivity contribution in [2.24, 2.45) is 0 Å². The first-order valence-electron chi connectivity index (χ1n) is 10.4. The number of rotatable bonds is 6. The highest BCUT2D eigenvalue weighted by Crippen LogP contribution is 2.22. The van der Waals surface area contributed by atoms with Crippen LogP contribution in [0.3, 0.4) is 0 Å². The van der Waals surface area contributed by atoms with E-state index in [9.17, 15) is 9.59 Å². The van der Waals surface area contributed by atoms with Crippen LogP contribution in [-0.4, -0.2) is 35.9 Å². The first-order chi connectivity index (χ1) is 13.9. The lowest BCUT2D eigenvalue weighted by Crippen LogP contribution is -2.35. The topological polar surface area (TPSA) is 58.6 Å². The van der Waals surface area contributed by atoms with E-state index in [0.717, 1.165) is 25.9 Å². The van der Waals surface area contributed by atoms with E-state index in [2.05, 4.69) is 19.2 Å². The Labute approximate surface area is 173 Å². The summed E-state index contributed by atoms with van der Waals surface area (Å²) in [5, 5.41) is 2.86. The van der Waals surface area contributed by atoms with Crippen LogP contribution in [0.25, 0.3) is 0 Å². The molecule has 1 unspecified atom stereocenters. The molecule has 0 aromatic heterocycles. The Hall–Kier alpha value is -2.82. The molecule has 0 bridgehead atoms. The van der Waals surface area contributed by atoms with Crippen molar-refractivity contribution in [3.05, 3.63) is 59.7 Å². The van der Waals surface area contributed by atoms with Crippen molar-refractivity contribution < 1.29 is 14.3 Å². The number of piperidine rings is 1. The highest BCUT2D eigenvalue weighted by molar-refractivity contribution is 5.98. The number of hydrogen-bond donors (Lipinski definition) is 1. The van der Waals surface area contributed by atoms with E-state index in [-0.39, 0.29) is 11.8 Å². The molecule has 1 heterocycles. The van der Waals surface area contributed by atoms with Crippen LogP contribution in [0.1, 0.15) is 61.9 Å². The monoisotopic (exact) mass is 394 g/mol. The zero-order valence-electron chi connectivity index (χ0n) is 17.5. The lowest BCUT2D eigenvalue weighted by atomic mass is 10.0. The Morgan fingerprint density at radius 3 is 2.41 bits per heavy atom. The van der Waals surface area contributed by atoms with Crippen molar-refractivity contribution in [3.8, 4) is 5.75 Å². The maximum atomic E-state index is 12.7. The standard InChI is InChI=1S/C24H30N2O3/c1-17(2)19-9-8-12-22(16-19)29-18(3)23(27)25-21-11-7-10-20(15-21)24(28)26-13-5-4-6-14-26/h7-12,15-18H,4-6,13-14H2,1-3H3,(H,25,27). The number of amides is 2. The fourth-order valence-electron chi connectivity index (χ4n) is 3.46. The van der Waals surface area contributed by atoms with Gasteiger partial charge in [0.2, 0.25) is 0 Å². The van der Waals surface area contributed by atoms with Gasteiger partial charge in [-0.2, -0.15) is 0 Å². The Morgan fingerprint density at radius 1 is 0.966 bits per heavy atom. The number of likely N-dealkylation sites (tertiary alicyclic amines) is 1. The fraction of sp³-hybridized carbons (Fsp3) is 0.417. The maximum absolute atomic E-state index is 12.7. The van der Waals surface area contributed by atoms with Crippen molar-refractivity contribution in [3.63, 3.8) is 0 Å². The summed E-state index contributed by atoms with van der Waals surface area (Å²) in [6, 6.07) is 14.9. The van der Waals surface area contributed by atoms with Crippen LogP contribution in [-0.2, 0) is 4.79 Å². The molecule has 1 atom stereocenters. The number of carbonyl (C=O) groups is 2. The second-order valence-electron chi connectivity index (χ2n) is 7.91. The smallest absolute Gasteiger partial charge is 0.265 e. The SMILES string of the molecule is CC(Oc1cccc(C(C)C)c1)C(=O)Nc1cccc(C(=O)N2CCCCC2)c1. The summed E-state index contributed by atoms with van der Waals surface area (Å²) >= 11 is 0. The van der Waals surface area contributed by atoms with Gasteiger partial charge in [-0.25, -0.2) is 0 Å². The number of anilines is 1. The van der Waals surface area contributed by atoms with E-state index in [1.54, 1.807) is 31.2 Å². The number of benzene rings is 2. The molecule has 5 heteroatoms. The number of carbonyl (C=O) groups excluding carboxylic acids is 2. The second kappa shape index (κ2) is 9.59. The van der Waals surface area contributed by atoms with Gasteiger partial charge in [0.15, 0.2) is 6.10 Å². The fourth-order valence-corrected chi connectivity index (χ4v) is 3.46. The number of nitrogens with one attached hydrogen (secondary N) is 1. The lowest BCUT2D eigenvalue weighted by Gasteiger charge is -2.26. The molecule has 3 rings (SSSR count). The van der Waals surface area contributed by atoms with Gasteiger partial charge in [0.05, 0.1) is 0 Å². The Kier molecular flexibility index (Phi) is 6.91. The predicted molar refractivity (Wildman–Crippen MR) is 115 cm³/mol. The highest BCUT2D eigenvalue weighted by atomic mass is 16.5. The molecule has 1 saturated heterocycles. The predicted octanol–water partition coefficient (Wildman–Crippen LogP) is 4.84. The van der Waals surface area contributed by atoms with Gasteiger partial charge in [0, 0.05) is 24.3 Å². The van der Waals surface area contributed by atoms with Gasteiger partial charge in [0.25, 0.3) is 11.8 Å². The molecule has 1 fully saturated rings. The number of ether oxygens (including phenoxy) is 1. The average molecular weight is 395 g/mol. The summed E-state index contributed by atoms with van der Waals surface area (Å²) < 4.78 is 5.82. The maximum Gasteiger partial charge on any atom is 0.265 e. The molecule has 2 amide bonds. The number of nitrogens with zero attached hydrogens (tertiary/aromatic N) is 1. The summed E-state index contributed by atoms with van der Waals surface area (Å²) in [6.07, 6.45) is 2.63. The minimum atomic E-state index is -0.654. The molecule has 0 aliphatic carbocycles. The van der Waals surface area contributed by atoms with Crippen molar-refractivity contribution in [2.45, 2.75) is 52.1 Å². The minimum Gasteiger partial charge on any atom is -0.481 e. The first kappa shape index (κ1) is 20.9. The molecular formula is C24H30N2O3. The Bertz CT molecular complexity index is 857. The molecule has 5 nitrogen and oxygen atoms in total. The van der Waals surface area contributed by atoms with Gasteiger partial charge in [-0.05, 0) is 68.0 Å². The Balaban J connectivity index is 1.62. The van der Waals surface area contributed by atoms with Crippen LogP contribution >= 0.6 is 0 Å². The molecule has 0 radical (unpaired) electrons. The van der Waals surface area contributed by atoms with E-state index in [4.69, 9.17) is 4.74 Å². The molecule has 1 N–H and O–H groups in total. The summed E-state index contributed by atoms with van der Waals surface area (Å²) in [5.41, 5.74) is 2.37. The van der Waals surface area contributed by atoms with Gasteiger partial charge < -0.3 is 15.0 Å². The lowest BCUT2D eigenvalue weighted by molar-refractivity contribution is -0.122. The summed E-state index contributed by atoms with van der Waals surface area (Å²) in [7, 11) is 0. The van der Waals surface area contributed by atoms with Crippen LogP contribution in [0.4, 0.5) is 5.69 Å². The normalized spacial score (nSPS) is 15.1. The van der Waals surface area contributed by atoms with Gasteiger partial charge in [-0.3, -0.25) is 9.59 Å². The van der Waals surface area contributed by atoms with E-state index in [1.165, 1.54) is 12.0 Å². The highest BCUT2D eigenvalue weighted by Gasteiger charge is 2.19. The van der Waals surface area contributed by atoms with Gasteiger partial charge in [0.1, 0.15) is 5.75 Å². The molecule has 0 spiro atoms. The van der Waals surface area contributed by atoms with Crippen LogP contribution in [0, 0.1) is 0 Å². The molecular weight excluding hydrogens is 364 g/mol. The van der Waals surface area contributed by atoms with Gasteiger partial charge in [-0.15, -0.1) is 0 Å². The summed E-state index contributed by atoms with van der Waals surface area (Å²) in [4.78, 5) is 27.2. The van der Waals surface area contributed by atoms with Crippen LogP contribution < -0.4 is 10.1 Å². The van der Waals surface area contributed by atoms with E-state index in [1.807, 2.05) is 29.2 Å². The molecule has 1 aliphatic rings. The third kappa shape index (κ3) is 5.59. The van der Waals surface area contributed by atoms with Crippen molar-refractivity contribution in [1.29, 1.82) is 0 Å². The first-order valence-corrected chi connectivity index (χ1v) is 10.4. The molecule has 29 heavy (non-hydrogen) atoms. The zero-order valence-corrected chi connectivity index (χ0v) is 17.5. The van der Waals surface area contributed by atoms with Gasteiger partial charge in [-0.1, -0.05) is 32.0 Å². The van der Waals surface area contributed by atoms with Crippen molar-refractivity contribution in [1.82, 2.24) is 4.90 Å². The van der Waals surface area contributed by atoms with Crippen molar-refractivity contribution in [2.75, 3.05) is 18.4 Å². The zero-order chi connectivity index (χ0) is 20.8. The Morgan fingerprint density at radius 2 is 1.69 bits per heavy atom. The van der Waals surface area contributed by atoms with E-state index in [0.29, 0.717) is 22.9 Å².